The molecule has 1 aliphatic carbocycles. The number of carbonyl (C=O) groups is 1. The predicted octanol–water partition coefficient (Wildman–Crippen LogP) is 0.580. The third-order valence-corrected chi connectivity index (χ3v) is 8.66. The molecule has 0 bridgehead atoms. The van der Waals surface area contributed by atoms with Crippen LogP contribution in [0.15, 0.2) is 53.2 Å². The van der Waals surface area contributed by atoms with E-state index in [-0.39, 0.29) is 36.2 Å². The standard InChI is InChI=1S/C31H37ClN2O12/c1-14(29(40)33-21-22(36)24(38)27-26(23(21)37)42-13-43-27)10-16-8-9-20(19(35)11-16)45-30-31(3,41)28(39)25(46-30)15(2)34-44-12-17-6-4-5-7-18(17)32/h4-11,21-28,30,35-39,41H,12-13H2,1-3H3,(H,33,40)/b14-10+,34-15-/t21-,22+,23-,24-,25-,26+,27-,28-,30-,31-/m1/s1. The molecule has 2 aromatic carbocycles. The number of aromatic hydroxyl groups is 1. The number of nitrogens with zero attached hydrogens (tertiary/aromatic N) is 1. The molecule has 46 heavy (non-hydrogen) atoms. The number of phenols is 1. The molecule has 1 amide bonds. The summed E-state index contributed by atoms with van der Waals surface area (Å²) < 4.78 is 22.0. The van der Waals surface area contributed by atoms with E-state index in [2.05, 4.69) is 10.5 Å². The van der Waals surface area contributed by atoms with Crippen LogP contribution in [0.4, 0.5) is 0 Å². The number of phenolic OH excluding ortho intramolecular Hbond substituents is 1. The van der Waals surface area contributed by atoms with Crippen LogP contribution in [0.3, 0.4) is 0 Å². The molecule has 5 rings (SSSR count). The zero-order valence-electron chi connectivity index (χ0n) is 25.2. The van der Waals surface area contributed by atoms with E-state index >= 15 is 0 Å². The summed E-state index contributed by atoms with van der Waals surface area (Å²) in [7, 11) is 0. The van der Waals surface area contributed by atoms with Gasteiger partial charge in [0.05, 0.1) is 11.8 Å². The van der Waals surface area contributed by atoms with Gasteiger partial charge in [0.15, 0.2) is 17.1 Å². The summed E-state index contributed by atoms with van der Waals surface area (Å²) in [6, 6.07) is 10.1. The van der Waals surface area contributed by atoms with Crippen molar-refractivity contribution in [2.75, 3.05) is 6.79 Å². The highest BCUT2D eigenvalue weighted by atomic mass is 35.5. The molecule has 0 unspecified atom stereocenters. The Kier molecular flexibility index (Phi) is 10.2. The number of hydrogen-bond acceptors (Lipinski definition) is 13. The van der Waals surface area contributed by atoms with Crippen LogP contribution in [0, 0.1) is 0 Å². The normalized spacial score (nSPS) is 34.7. The van der Waals surface area contributed by atoms with Crippen LogP contribution in [0.25, 0.3) is 6.08 Å². The smallest absolute Gasteiger partial charge is 0.247 e. The summed E-state index contributed by atoms with van der Waals surface area (Å²) in [4.78, 5) is 18.3. The Balaban J connectivity index is 1.21. The number of aliphatic hydroxyl groups excluding tert-OH is 4. The zero-order valence-corrected chi connectivity index (χ0v) is 25.9. The first-order valence-electron chi connectivity index (χ1n) is 14.5. The molecular formula is C31H37ClN2O12. The van der Waals surface area contributed by atoms with Crippen LogP contribution < -0.4 is 10.1 Å². The van der Waals surface area contributed by atoms with E-state index in [1.807, 2.05) is 0 Å². The lowest BCUT2D eigenvalue weighted by atomic mass is 9.83. The monoisotopic (exact) mass is 664 g/mol. The maximum Gasteiger partial charge on any atom is 0.247 e. The molecule has 3 aliphatic rings. The second-order valence-electron chi connectivity index (χ2n) is 11.7. The van der Waals surface area contributed by atoms with Crippen molar-refractivity contribution >= 4 is 29.3 Å². The van der Waals surface area contributed by atoms with Gasteiger partial charge < -0.3 is 59.7 Å². The Hall–Kier alpha value is -3.31. The molecule has 2 heterocycles. The minimum Gasteiger partial charge on any atom is -0.504 e. The molecule has 250 valence electrons. The topological polar surface area (TPSA) is 209 Å². The van der Waals surface area contributed by atoms with Crippen molar-refractivity contribution in [2.24, 2.45) is 5.16 Å². The summed E-state index contributed by atoms with van der Waals surface area (Å²) in [5.41, 5.74) is -0.406. The van der Waals surface area contributed by atoms with E-state index in [4.69, 9.17) is 35.4 Å². The van der Waals surface area contributed by atoms with Gasteiger partial charge in [-0.25, -0.2) is 0 Å². The van der Waals surface area contributed by atoms with E-state index in [0.717, 1.165) is 0 Å². The number of carbonyl (C=O) groups excluding carboxylic acids is 1. The minimum absolute atomic E-state index is 0.0716. The summed E-state index contributed by atoms with van der Waals surface area (Å²) in [5.74, 6) is -1.06. The zero-order chi connectivity index (χ0) is 33.3. The molecule has 10 atom stereocenters. The molecular weight excluding hydrogens is 628 g/mol. The first-order chi connectivity index (χ1) is 21.8. The van der Waals surface area contributed by atoms with Crippen molar-refractivity contribution in [3.05, 3.63) is 64.2 Å². The van der Waals surface area contributed by atoms with Crippen LogP contribution in [0.5, 0.6) is 11.5 Å². The lowest BCUT2D eigenvalue weighted by Crippen LogP contribution is -2.67. The van der Waals surface area contributed by atoms with Crippen LogP contribution in [-0.4, -0.2) is 110 Å². The number of ether oxygens (including phenoxy) is 4. The van der Waals surface area contributed by atoms with Crippen LogP contribution >= 0.6 is 11.6 Å². The number of nitrogens with one attached hydrogen (secondary N) is 1. The molecule has 7 N–H and O–H groups in total. The molecule has 0 radical (unpaired) electrons. The highest BCUT2D eigenvalue weighted by Crippen LogP contribution is 2.37. The van der Waals surface area contributed by atoms with Gasteiger partial charge in [-0.3, -0.25) is 4.79 Å². The van der Waals surface area contributed by atoms with Gasteiger partial charge in [0.2, 0.25) is 12.2 Å². The van der Waals surface area contributed by atoms with E-state index < -0.39 is 66.6 Å². The summed E-state index contributed by atoms with van der Waals surface area (Å²) in [6.07, 6.45) is -8.53. The maximum atomic E-state index is 12.9. The summed E-state index contributed by atoms with van der Waals surface area (Å²) in [5, 5.41) is 70.9. The molecule has 3 fully saturated rings. The van der Waals surface area contributed by atoms with Gasteiger partial charge in [-0.05, 0) is 50.6 Å². The average Bonchev–Trinajstić information content (AvgIpc) is 3.60. The number of oxime groups is 1. The van der Waals surface area contributed by atoms with Gasteiger partial charge in [-0.2, -0.15) is 0 Å². The lowest BCUT2D eigenvalue weighted by molar-refractivity contribution is -0.155. The van der Waals surface area contributed by atoms with Crippen LogP contribution in [0.1, 0.15) is 31.9 Å². The fourth-order valence-corrected chi connectivity index (χ4v) is 5.70. The molecule has 1 saturated carbocycles. The molecule has 2 aliphatic heterocycles. The highest BCUT2D eigenvalue weighted by molar-refractivity contribution is 6.31. The predicted molar refractivity (Wildman–Crippen MR) is 162 cm³/mol. The number of rotatable bonds is 9. The van der Waals surface area contributed by atoms with E-state index in [1.54, 1.807) is 31.2 Å². The number of halogens is 1. The van der Waals surface area contributed by atoms with Crippen molar-refractivity contribution in [3.8, 4) is 11.5 Å². The van der Waals surface area contributed by atoms with Crippen molar-refractivity contribution in [3.63, 3.8) is 0 Å². The van der Waals surface area contributed by atoms with Gasteiger partial charge in [0, 0.05) is 16.2 Å². The number of hydrogen-bond donors (Lipinski definition) is 7. The molecule has 2 saturated heterocycles. The van der Waals surface area contributed by atoms with Crippen molar-refractivity contribution < 1.29 is 59.2 Å². The maximum absolute atomic E-state index is 12.9. The molecule has 0 spiro atoms. The molecule has 2 aromatic rings. The number of aliphatic hydroxyl groups is 5. The summed E-state index contributed by atoms with van der Waals surface area (Å²) >= 11 is 6.13. The minimum atomic E-state index is -1.90. The Labute approximate surface area is 269 Å². The SMILES string of the molecule is C/C(=N/OCc1ccccc1Cl)[C@H]1O[C@@H](Oc2ccc(/C=C(\C)C(=O)N[C@@H]3[C@H](O)[C@@H](O)[C@H]4OCO[C@H]4[C@@H]3O)cc2O)[C@](C)(O)[C@@H]1O. The first kappa shape index (κ1) is 34.0. The van der Waals surface area contributed by atoms with Crippen LogP contribution in [-0.2, 0) is 30.4 Å². The van der Waals surface area contributed by atoms with Crippen LogP contribution in [0.2, 0.25) is 5.02 Å². The second-order valence-corrected chi connectivity index (χ2v) is 12.1. The Morgan fingerprint density at radius 2 is 1.78 bits per heavy atom. The van der Waals surface area contributed by atoms with E-state index in [0.29, 0.717) is 16.1 Å². The van der Waals surface area contributed by atoms with Gasteiger partial charge >= 0.3 is 0 Å². The summed E-state index contributed by atoms with van der Waals surface area (Å²) in [6.45, 7) is 4.28. The molecule has 0 aromatic heterocycles. The second kappa shape index (κ2) is 13.8. The fraction of sp³-hybridized carbons (Fsp3) is 0.484. The van der Waals surface area contributed by atoms with Gasteiger partial charge in [0.1, 0.15) is 56.1 Å². The third-order valence-electron chi connectivity index (χ3n) is 8.29. The molecule has 14 nitrogen and oxygen atoms in total. The largest absolute Gasteiger partial charge is 0.504 e. The number of fused-ring (bicyclic) bond motifs is 1. The van der Waals surface area contributed by atoms with Crippen molar-refractivity contribution in [2.45, 2.75) is 88.0 Å². The van der Waals surface area contributed by atoms with Gasteiger partial charge in [-0.1, -0.05) is 41.0 Å². The number of amides is 1. The Morgan fingerprint density at radius 1 is 1.09 bits per heavy atom. The Bertz CT molecular complexity index is 1490. The van der Waals surface area contributed by atoms with Gasteiger partial charge in [-0.15, -0.1) is 0 Å². The first-order valence-corrected chi connectivity index (χ1v) is 14.9. The number of benzene rings is 2. The van der Waals surface area contributed by atoms with Crippen molar-refractivity contribution in [1.29, 1.82) is 0 Å². The average molecular weight is 665 g/mol. The fourth-order valence-electron chi connectivity index (χ4n) is 5.51. The Morgan fingerprint density at radius 3 is 2.48 bits per heavy atom. The quantitative estimate of drug-likeness (QED) is 0.112. The highest BCUT2D eigenvalue weighted by Gasteiger charge is 2.55. The van der Waals surface area contributed by atoms with Crippen molar-refractivity contribution in [1.82, 2.24) is 5.32 Å². The third kappa shape index (κ3) is 6.86. The molecule has 15 heteroatoms. The van der Waals surface area contributed by atoms with E-state index in [1.165, 1.54) is 38.1 Å². The van der Waals surface area contributed by atoms with E-state index in [9.17, 15) is 35.4 Å². The van der Waals surface area contributed by atoms with Gasteiger partial charge in [0.25, 0.3) is 0 Å². The lowest BCUT2D eigenvalue weighted by Gasteiger charge is -2.41.